The van der Waals surface area contributed by atoms with Gasteiger partial charge in [0, 0.05) is 18.0 Å². The molecule has 0 aliphatic heterocycles. The maximum atomic E-state index is 11.6. The molecular formula is C12H25N3O3. The van der Waals surface area contributed by atoms with Crippen LogP contribution < -0.4 is 16.8 Å². The summed E-state index contributed by atoms with van der Waals surface area (Å²) in [7, 11) is 0. The summed E-state index contributed by atoms with van der Waals surface area (Å²) in [6, 6.07) is -0.382. The number of ether oxygens (including phenoxy) is 1. The molecule has 0 saturated carbocycles. The van der Waals surface area contributed by atoms with E-state index in [4.69, 9.17) is 16.2 Å². The van der Waals surface area contributed by atoms with E-state index < -0.39 is 23.1 Å². The molecule has 0 saturated heterocycles. The summed E-state index contributed by atoms with van der Waals surface area (Å²) < 4.78 is 5.15. The zero-order valence-corrected chi connectivity index (χ0v) is 11.9. The van der Waals surface area contributed by atoms with E-state index in [1.54, 1.807) is 20.8 Å². The minimum absolute atomic E-state index is 0.0967. The summed E-state index contributed by atoms with van der Waals surface area (Å²) in [5.41, 5.74) is 9.73. The zero-order chi connectivity index (χ0) is 14.6. The summed E-state index contributed by atoms with van der Waals surface area (Å²) in [6.45, 7) is 9.00. The maximum Gasteiger partial charge on any atom is 0.408 e. The Kier molecular flexibility index (Phi) is 5.60. The summed E-state index contributed by atoms with van der Waals surface area (Å²) in [5, 5.41) is 2.72. The van der Waals surface area contributed by atoms with Crippen molar-refractivity contribution in [3.8, 4) is 0 Å². The molecule has 106 valence electrons. The fourth-order valence-electron chi connectivity index (χ4n) is 1.62. The van der Waals surface area contributed by atoms with Gasteiger partial charge in [-0.3, -0.25) is 4.79 Å². The van der Waals surface area contributed by atoms with Crippen LogP contribution in [0.5, 0.6) is 0 Å². The Morgan fingerprint density at radius 3 is 2.11 bits per heavy atom. The second kappa shape index (κ2) is 6.04. The molecule has 0 aromatic rings. The lowest BCUT2D eigenvalue weighted by Gasteiger charge is -2.30. The Hall–Kier alpha value is -1.30. The highest BCUT2D eigenvalue weighted by molar-refractivity contribution is 5.74. The molecule has 2 amide bonds. The molecule has 5 N–H and O–H groups in total. The Balaban J connectivity index is 4.30. The molecule has 0 radical (unpaired) electrons. The van der Waals surface area contributed by atoms with Crippen molar-refractivity contribution in [3.63, 3.8) is 0 Å². The van der Waals surface area contributed by atoms with E-state index >= 15 is 0 Å². The highest BCUT2D eigenvalue weighted by Crippen LogP contribution is 2.14. The largest absolute Gasteiger partial charge is 0.444 e. The van der Waals surface area contributed by atoms with Crippen LogP contribution >= 0.6 is 0 Å². The number of hydrogen-bond donors (Lipinski definition) is 3. The topological polar surface area (TPSA) is 107 Å². The predicted molar refractivity (Wildman–Crippen MR) is 69.9 cm³/mol. The Bertz CT molecular complexity index is 308. The number of primary amides is 1. The second-order valence-electron chi connectivity index (χ2n) is 6.15. The molecule has 18 heavy (non-hydrogen) atoms. The fourth-order valence-corrected chi connectivity index (χ4v) is 1.62. The van der Waals surface area contributed by atoms with Gasteiger partial charge in [0.05, 0.1) is 0 Å². The number of carbonyl (C=O) groups excluding carboxylic acids is 2. The molecule has 6 nitrogen and oxygen atoms in total. The first-order chi connectivity index (χ1) is 7.91. The van der Waals surface area contributed by atoms with Crippen molar-refractivity contribution < 1.29 is 14.3 Å². The number of amides is 2. The molecule has 0 aliphatic rings. The highest BCUT2D eigenvalue weighted by atomic mass is 16.6. The van der Waals surface area contributed by atoms with Crippen LogP contribution in [0, 0.1) is 0 Å². The fraction of sp³-hybridized carbons (Fsp3) is 0.833. The monoisotopic (exact) mass is 259 g/mol. The molecule has 0 rings (SSSR count). The number of nitrogens with two attached hydrogens (primary N) is 2. The van der Waals surface area contributed by atoms with Crippen molar-refractivity contribution in [2.24, 2.45) is 11.5 Å². The highest BCUT2D eigenvalue weighted by Gasteiger charge is 2.26. The second-order valence-corrected chi connectivity index (χ2v) is 6.15. The number of alkyl carbamates (subject to hydrolysis) is 1. The summed E-state index contributed by atoms with van der Waals surface area (Å²) in [4.78, 5) is 22.3. The lowest BCUT2D eigenvalue weighted by atomic mass is 9.94. The molecule has 0 aliphatic carbocycles. The molecule has 0 fully saturated rings. The van der Waals surface area contributed by atoms with Crippen molar-refractivity contribution in [2.75, 3.05) is 0 Å². The SMILES string of the molecule is CC(C)(CC(N)CC(N)=O)NC(=O)OC(C)(C)C. The first kappa shape index (κ1) is 16.7. The van der Waals surface area contributed by atoms with E-state index in [1.165, 1.54) is 0 Å². The quantitative estimate of drug-likeness (QED) is 0.681. The summed E-state index contributed by atoms with van der Waals surface area (Å²) in [5.74, 6) is -0.449. The third-order valence-electron chi connectivity index (χ3n) is 2.08. The average Bonchev–Trinajstić information content (AvgIpc) is 1.92. The van der Waals surface area contributed by atoms with Crippen LogP contribution in [0.1, 0.15) is 47.5 Å². The van der Waals surface area contributed by atoms with E-state index in [0.717, 1.165) is 0 Å². The van der Waals surface area contributed by atoms with Crippen molar-refractivity contribution in [1.29, 1.82) is 0 Å². The average molecular weight is 259 g/mol. The third-order valence-corrected chi connectivity index (χ3v) is 2.08. The molecule has 6 heteroatoms. The molecule has 0 bridgehead atoms. The standard InChI is InChI=1S/C12H25N3O3/c1-11(2,3)18-10(17)15-12(4,5)7-8(13)6-9(14)16/h8H,6-7,13H2,1-5H3,(H2,14,16)(H,15,17). The van der Waals surface area contributed by atoms with Crippen LogP contribution in [0.4, 0.5) is 4.79 Å². The minimum atomic E-state index is -0.558. The van der Waals surface area contributed by atoms with Crippen molar-refractivity contribution in [1.82, 2.24) is 5.32 Å². The lowest BCUT2D eigenvalue weighted by molar-refractivity contribution is -0.118. The molecule has 0 heterocycles. The van der Waals surface area contributed by atoms with Crippen LogP contribution in [0.15, 0.2) is 0 Å². The lowest BCUT2D eigenvalue weighted by Crippen LogP contribution is -2.49. The smallest absolute Gasteiger partial charge is 0.408 e. The van der Waals surface area contributed by atoms with Gasteiger partial charge < -0.3 is 21.5 Å². The van der Waals surface area contributed by atoms with Gasteiger partial charge >= 0.3 is 6.09 Å². The third kappa shape index (κ3) is 8.81. The first-order valence-electron chi connectivity index (χ1n) is 5.96. The molecule has 0 aromatic heterocycles. The van der Waals surface area contributed by atoms with E-state index in [1.807, 2.05) is 13.8 Å². The van der Waals surface area contributed by atoms with E-state index in [2.05, 4.69) is 5.32 Å². The minimum Gasteiger partial charge on any atom is -0.444 e. The number of hydrogen-bond acceptors (Lipinski definition) is 4. The summed E-state index contributed by atoms with van der Waals surface area (Å²) in [6.07, 6.45) is 0.0352. The van der Waals surface area contributed by atoms with Crippen molar-refractivity contribution in [2.45, 2.75) is 64.6 Å². The molecule has 1 atom stereocenters. The van der Waals surface area contributed by atoms with Crippen LogP contribution in [0.2, 0.25) is 0 Å². The number of nitrogens with one attached hydrogen (secondary N) is 1. The van der Waals surface area contributed by atoms with Gasteiger partial charge in [0.1, 0.15) is 5.60 Å². The van der Waals surface area contributed by atoms with Gasteiger partial charge in [-0.05, 0) is 41.0 Å². The van der Waals surface area contributed by atoms with E-state index in [9.17, 15) is 9.59 Å². The Morgan fingerprint density at radius 2 is 1.72 bits per heavy atom. The first-order valence-corrected chi connectivity index (χ1v) is 5.96. The molecule has 0 spiro atoms. The van der Waals surface area contributed by atoms with Crippen LogP contribution in [-0.2, 0) is 9.53 Å². The number of carbonyl (C=O) groups is 2. The molecule has 1 unspecified atom stereocenters. The van der Waals surface area contributed by atoms with E-state index in [-0.39, 0.29) is 12.5 Å². The molecule has 0 aromatic carbocycles. The normalized spacial score (nSPS) is 13.9. The Labute approximate surface area is 108 Å². The van der Waals surface area contributed by atoms with Crippen LogP contribution in [0.3, 0.4) is 0 Å². The van der Waals surface area contributed by atoms with Gasteiger partial charge in [0.15, 0.2) is 0 Å². The summed E-state index contributed by atoms with van der Waals surface area (Å²) >= 11 is 0. The van der Waals surface area contributed by atoms with Crippen LogP contribution in [0.25, 0.3) is 0 Å². The van der Waals surface area contributed by atoms with Crippen molar-refractivity contribution >= 4 is 12.0 Å². The zero-order valence-electron chi connectivity index (χ0n) is 11.9. The van der Waals surface area contributed by atoms with Gasteiger partial charge in [-0.2, -0.15) is 0 Å². The van der Waals surface area contributed by atoms with Gasteiger partial charge in [-0.25, -0.2) is 4.79 Å². The van der Waals surface area contributed by atoms with Crippen molar-refractivity contribution in [3.05, 3.63) is 0 Å². The van der Waals surface area contributed by atoms with Gasteiger partial charge in [-0.15, -0.1) is 0 Å². The van der Waals surface area contributed by atoms with Gasteiger partial charge in [0.2, 0.25) is 5.91 Å². The van der Waals surface area contributed by atoms with Crippen LogP contribution in [-0.4, -0.2) is 29.2 Å². The number of rotatable bonds is 5. The molecular weight excluding hydrogens is 234 g/mol. The van der Waals surface area contributed by atoms with E-state index in [0.29, 0.717) is 6.42 Å². The maximum absolute atomic E-state index is 11.6. The van der Waals surface area contributed by atoms with Gasteiger partial charge in [-0.1, -0.05) is 0 Å². The van der Waals surface area contributed by atoms with Gasteiger partial charge in [0.25, 0.3) is 0 Å². The Morgan fingerprint density at radius 1 is 1.22 bits per heavy atom. The predicted octanol–water partition coefficient (Wildman–Crippen LogP) is 0.882.